The summed E-state index contributed by atoms with van der Waals surface area (Å²) < 4.78 is 35.3. The average molecular weight is 693 g/mol. The van der Waals surface area contributed by atoms with Crippen molar-refractivity contribution in [1.82, 2.24) is 10.2 Å². The zero-order valence-electron chi connectivity index (χ0n) is 25.9. The molecule has 0 bridgehead atoms. The van der Waals surface area contributed by atoms with E-state index in [2.05, 4.69) is 21.2 Å². The predicted octanol–water partition coefficient (Wildman–Crippen LogP) is 6.05. The first-order chi connectivity index (χ1) is 21.5. The number of ether oxygens (including phenoxy) is 1. The number of anilines is 1. The van der Waals surface area contributed by atoms with Gasteiger partial charge in [-0.05, 0) is 78.2 Å². The summed E-state index contributed by atoms with van der Waals surface area (Å²) in [6.07, 6.45) is 0.257. The van der Waals surface area contributed by atoms with Gasteiger partial charge in [0.05, 0.1) is 22.2 Å². The van der Waals surface area contributed by atoms with Crippen molar-refractivity contribution < 1.29 is 22.7 Å². The number of nitrogens with one attached hydrogen (secondary N) is 1. The maximum Gasteiger partial charge on any atom is 0.264 e. The Morgan fingerprint density at radius 2 is 1.49 bits per heavy atom. The summed E-state index contributed by atoms with van der Waals surface area (Å²) in [5.74, 6) is -0.355. The van der Waals surface area contributed by atoms with E-state index in [1.165, 1.54) is 24.1 Å². The summed E-state index contributed by atoms with van der Waals surface area (Å²) in [6.45, 7) is 5.67. The van der Waals surface area contributed by atoms with Gasteiger partial charge in [-0.3, -0.25) is 13.9 Å². The smallest absolute Gasteiger partial charge is 0.264 e. The number of rotatable bonds is 13. The molecule has 0 heterocycles. The molecule has 0 saturated heterocycles. The van der Waals surface area contributed by atoms with E-state index in [0.717, 1.165) is 26.6 Å². The Labute approximate surface area is 274 Å². The lowest BCUT2D eigenvalue weighted by Crippen LogP contribution is -2.53. The van der Waals surface area contributed by atoms with E-state index in [9.17, 15) is 18.0 Å². The molecule has 4 aromatic rings. The van der Waals surface area contributed by atoms with Gasteiger partial charge in [-0.2, -0.15) is 0 Å². The molecule has 8 nitrogen and oxygen atoms in total. The fourth-order valence-corrected chi connectivity index (χ4v) is 7.04. The van der Waals surface area contributed by atoms with Crippen LogP contribution in [0.4, 0.5) is 5.69 Å². The Morgan fingerprint density at radius 3 is 2.07 bits per heavy atom. The van der Waals surface area contributed by atoms with Gasteiger partial charge in [-0.15, -0.1) is 0 Å². The van der Waals surface area contributed by atoms with Gasteiger partial charge in [-0.1, -0.05) is 77.9 Å². The van der Waals surface area contributed by atoms with Crippen molar-refractivity contribution in [3.05, 3.63) is 124 Å². The minimum atomic E-state index is -4.24. The molecule has 1 atom stereocenters. The van der Waals surface area contributed by atoms with Crippen LogP contribution in [0.2, 0.25) is 0 Å². The molecule has 2 amide bonds. The minimum absolute atomic E-state index is 0.0156. The molecule has 0 unspecified atom stereocenters. The van der Waals surface area contributed by atoms with Gasteiger partial charge in [0.15, 0.2) is 0 Å². The molecule has 10 heteroatoms. The normalized spacial score (nSPS) is 11.8. The molecule has 0 fully saturated rings. The van der Waals surface area contributed by atoms with E-state index >= 15 is 0 Å². The molecule has 4 aromatic carbocycles. The van der Waals surface area contributed by atoms with E-state index in [1.54, 1.807) is 30.3 Å². The van der Waals surface area contributed by atoms with Crippen LogP contribution in [0.15, 0.2) is 106 Å². The largest absolute Gasteiger partial charge is 0.496 e. The van der Waals surface area contributed by atoms with E-state index in [1.807, 2.05) is 75.4 Å². The zero-order chi connectivity index (χ0) is 32.6. The summed E-state index contributed by atoms with van der Waals surface area (Å²) in [5, 5.41) is 2.88. The van der Waals surface area contributed by atoms with Crippen LogP contribution in [0.5, 0.6) is 5.75 Å². The second-order valence-corrected chi connectivity index (χ2v) is 13.5. The Morgan fingerprint density at radius 1 is 0.867 bits per heavy atom. The van der Waals surface area contributed by atoms with E-state index < -0.39 is 28.5 Å². The van der Waals surface area contributed by atoms with Crippen LogP contribution >= 0.6 is 15.9 Å². The second-order valence-electron chi connectivity index (χ2n) is 10.8. The second kappa shape index (κ2) is 15.2. The van der Waals surface area contributed by atoms with E-state index in [4.69, 9.17) is 4.74 Å². The van der Waals surface area contributed by atoms with Crippen molar-refractivity contribution in [2.75, 3.05) is 24.5 Å². The molecule has 0 aliphatic rings. The van der Waals surface area contributed by atoms with E-state index in [0.29, 0.717) is 22.5 Å². The summed E-state index contributed by atoms with van der Waals surface area (Å²) in [5.41, 5.74) is 4.02. The fourth-order valence-electron chi connectivity index (χ4n) is 4.91. The van der Waals surface area contributed by atoms with Crippen LogP contribution in [0.1, 0.15) is 29.2 Å². The lowest BCUT2D eigenvalue weighted by molar-refractivity contribution is -0.140. The number of nitrogens with zero attached hydrogens (tertiary/aromatic N) is 2. The van der Waals surface area contributed by atoms with Crippen LogP contribution in [0.25, 0.3) is 0 Å². The number of sulfonamides is 1. The first kappa shape index (κ1) is 33.7. The molecule has 0 aliphatic heterocycles. The summed E-state index contributed by atoms with van der Waals surface area (Å²) >= 11 is 3.38. The summed E-state index contributed by atoms with van der Waals surface area (Å²) in [4.78, 5) is 29.5. The van der Waals surface area contributed by atoms with E-state index in [-0.39, 0.29) is 23.8 Å². The molecule has 0 spiro atoms. The highest BCUT2D eigenvalue weighted by Crippen LogP contribution is 2.31. The van der Waals surface area contributed by atoms with Crippen LogP contribution in [0.3, 0.4) is 0 Å². The highest BCUT2D eigenvalue weighted by Gasteiger charge is 2.34. The van der Waals surface area contributed by atoms with Gasteiger partial charge in [0, 0.05) is 19.5 Å². The van der Waals surface area contributed by atoms with Gasteiger partial charge < -0.3 is 15.0 Å². The van der Waals surface area contributed by atoms with Gasteiger partial charge in [0.25, 0.3) is 10.0 Å². The third-order valence-electron chi connectivity index (χ3n) is 7.41. The molecular weight excluding hydrogens is 654 g/mol. The van der Waals surface area contributed by atoms with Crippen molar-refractivity contribution in [1.29, 1.82) is 0 Å². The number of aryl methyl sites for hydroxylation is 2. The SMILES string of the molecule is CCNC(=O)[C@@H](Cc1ccccc1)N(Cc1ccc(C)cc1)C(=O)CN(c1ccc(C)cc1)S(=O)(=O)c1ccc(OC)c(Br)c1. The number of halogens is 1. The number of amides is 2. The highest BCUT2D eigenvalue weighted by molar-refractivity contribution is 9.10. The monoisotopic (exact) mass is 691 g/mol. The number of methoxy groups -OCH3 is 1. The van der Waals surface area contributed by atoms with Crippen LogP contribution in [-0.2, 0) is 32.6 Å². The Balaban J connectivity index is 1.80. The lowest BCUT2D eigenvalue weighted by atomic mass is 10.0. The fraction of sp³-hybridized carbons (Fsp3) is 0.257. The summed E-state index contributed by atoms with van der Waals surface area (Å²) in [7, 11) is -2.74. The highest BCUT2D eigenvalue weighted by atomic mass is 79.9. The maximum atomic E-state index is 14.5. The van der Waals surface area contributed by atoms with Crippen molar-refractivity contribution >= 4 is 43.5 Å². The zero-order valence-corrected chi connectivity index (χ0v) is 28.3. The Bertz CT molecular complexity index is 1710. The molecule has 4 rings (SSSR count). The Kier molecular flexibility index (Phi) is 11.4. The first-order valence-electron chi connectivity index (χ1n) is 14.6. The van der Waals surface area contributed by atoms with Crippen molar-refractivity contribution in [2.24, 2.45) is 0 Å². The third-order valence-corrected chi connectivity index (χ3v) is 9.80. The molecule has 236 valence electrons. The number of hydrogen-bond donors (Lipinski definition) is 1. The average Bonchev–Trinajstić information content (AvgIpc) is 3.03. The van der Waals surface area contributed by atoms with Gasteiger partial charge in [0.2, 0.25) is 11.8 Å². The molecule has 45 heavy (non-hydrogen) atoms. The quantitative estimate of drug-likeness (QED) is 0.184. The topological polar surface area (TPSA) is 96.0 Å². The molecule has 1 N–H and O–H groups in total. The Hall–Kier alpha value is -4.15. The number of carbonyl (C=O) groups excluding carboxylic acids is 2. The van der Waals surface area contributed by atoms with Gasteiger partial charge >= 0.3 is 0 Å². The third kappa shape index (κ3) is 8.52. The maximum absolute atomic E-state index is 14.5. The first-order valence-corrected chi connectivity index (χ1v) is 16.9. The van der Waals surface area contributed by atoms with Crippen molar-refractivity contribution in [3.63, 3.8) is 0 Å². The summed E-state index contributed by atoms with van der Waals surface area (Å²) in [6, 6.07) is 27.7. The van der Waals surface area contributed by atoms with Crippen LogP contribution in [0, 0.1) is 13.8 Å². The number of benzene rings is 4. The minimum Gasteiger partial charge on any atom is -0.496 e. The van der Waals surface area contributed by atoms with Gasteiger partial charge in [0.1, 0.15) is 18.3 Å². The number of likely N-dealkylation sites (N-methyl/N-ethyl adjacent to an activating group) is 1. The lowest BCUT2D eigenvalue weighted by Gasteiger charge is -2.34. The molecule has 0 aliphatic carbocycles. The molecular formula is C35H38BrN3O5S. The number of carbonyl (C=O) groups is 2. The number of hydrogen-bond acceptors (Lipinski definition) is 5. The van der Waals surface area contributed by atoms with Crippen LogP contribution in [-0.4, -0.2) is 51.4 Å². The molecule has 0 aromatic heterocycles. The van der Waals surface area contributed by atoms with Crippen molar-refractivity contribution in [2.45, 2.75) is 44.7 Å². The predicted molar refractivity (Wildman–Crippen MR) is 181 cm³/mol. The van der Waals surface area contributed by atoms with Crippen LogP contribution < -0.4 is 14.4 Å². The van der Waals surface area contributed by atoms with Gasteiger partial charge in [-0.25, -0.2) is 8.42 Å². The molecule has 0 radical (unpaired) electrons. The standard InChI is InChI=1S/C35H38BrN3O5S/c1-5-37-35(41)32(21-27-9-7-6-8-10-27)38(23-28-15-11-25(2)12-16-28)34(40)24-39(29-17-13-26(3)14-18-29)45(42,43)30-19-20-33(44-4)31(36)22-30/h6-20,22,32H,5,21,23-24H2,1-4H3,(H,37,41)/t32-/m1/s1. The van der Waals surface area contributed by atoms with Crippen molar-refractivity contribution in [3.8, 4) is 5.75 Å². The molecule has 0 saturated carbocycles.